The van der Waals surface area contributed by atoms with Gasteiger partial charge >= 0.3 is 5.69 Å². The van der Waals surface area contributed by atoms with E-state index in [9.17, 15) is 4.79 Å². The maximum atomic E-state index is 10.9. The smallest absolute Gasteiger partial charge is 0.341 e. The molecule has 0 saturated carbocycles. The average Bonchev–Trinajstić information content (AvgIpc) is 2.74. The summed E-state index contributed by atoms with van der Waals surface area (Å²) in [5.41, 5.74) is 0.800. The van der Waals surface area contributed by atoms with Crippen LogP contribution in [0.3, 0.4) is 0 Å². The number of hydrogen-bond donors (Lipinski definition) is 2. The van der Waals surface area contributed by atoms with Crippen LogP contribution in [0.2, 0.25) is 0 Å². The molecule has 0 amide bonds. The molecule has 2 rings (SSSR count). The molecule has 1 heterocycles. The average molecular weight is 251 g/mol. The van der Waals surface area contributed by atoms with Crippen LogP contribution in [0.25, 0.3) is 0 Å². The van der Waals surface area contributed by atoms with Gasteiger partial charge in [-0.25, -0.2) is 9.89 Å². The summed E-state index contributed by atoms with van der Waals surface area (Å²) < 4.78 is 5.52. The summed E-state index contributed by atoms with van der Waals surface area (Å²) in [7, 11) is 0. The Balaban J connectivity index is 2.05. The SMILES string of the molecule is CCOc1ccccc1CSc1n[nH]c(=O)[nH]1. The van der Waals surface area contributed by atoms with Crippen molar-refractivity contribution in [3.05, 3.63) is 40.3 Å². The van der Waals surface area contributed by atoms with E-state index in [1.54, 1.807) is 0 Å². The van der Waals surface area contributed by atoms with Crippen LogP contribution in [-0.4, -0.2) is 21.8 Å². The van der Waals surface area contributed by atoms with E-state index in [-0.39, 0.29) is 5.69 Å². The highest BCUT2D eigenvalue weighted by molar-refractivity contribution is 7.98. The lowest BCUT2D eigenvalue weighted by Gasteiger charge is -2.08. The van der Waals surface area contributed by atoms with Gasteiger partial charge in [0, 0.05) is 11.3 Å². The van der Waals surface area contributed by atoms with E-state index in [0.29, 0.717) is 17.5 Å². The first-order valence-electron chi connectivity index (χ1n) is 5.27. The number of nitrogens with one attached hydrogen (secondary N) is 2. The van der Waals surface area contributed by atoms with Gasteiger partial charge in [0.05, 0.1) is 6.61 Å². The van der Waals surface area contributed by atoms with Crippen LogP contribution in [0, 0.1) is 0 Å². The van der Waals surface area contributed by atoms with Gasteiger partial charge in [-0.15, -0.1) is 5.10 Å². The minimum atomic E-state index is -0.286. The Morgan fingerprint density at radius 3 is 2.94 bits per heavy atom. The second-order valence-electron chi connectivity index (χ2n) is 3.31. The molecule has 0 bridgehead atoms. The second kappa shape index (κ2) is 5.58. The van der Waals surface area contributed by atoms with Crippen molar-refractivity contribution in [2.75, 3.05) is 6.61 Å². The standard InChI is InChI=1S/C11H13N3O2S/c1-2-16-9-6-4-3-5-8(9)7-17-11-12-10(15)13-14-11/h3-6H,2,7H2,1H3,(H2,12,13,14,15). The zero-order valence-corrected chi connectivity index (χ0v) is 10.2. The number of aromatic nitrogens is 3. The normalized spacial score (nSPS) is 10.4. The molecule has 1 aromatic heterocycles. The number of hydrogen-bond acceptors (Lipinski definition) is 4. The van der Waals surface area contributed by atoms with E-state index < -0.39 is 0 Å². The third kappa shape index (κ3) is 3.13. The van der Waals surface area contributed by atoms with Crippen molar-refractivity contribution in [1.29, 1.82) is 0 Å². The third-order valence-electron chi connectivity index (χ3n) is 2.12. The number of ether oxygens (including phenoxy) is 1. The van der Waals surface area contributed by atoms with Crippen LogP contribution in [0.1, 0.15) is 12.5 Å². The molecule has 0 saturated heterocycles. The highest BCUT2D eigenvalue weighted by Gasteiger charge is 2.05. The van der Waals surface area contributed by atoms with E-state index in [0.717, 1.165) is 11.3 Å². The molecule has 90 valence electrons. The Morgan fingerprint density at radius 1 is 1.41 bits per heavy atom. The summed E-state index contributed by atoms with van der Waals surface area (Å²) in [4.78, 5) is 13.5. The lowest BCUT2D eigenvalue weighted by atomic mass is 10.2. The number of para-hydroxylation sites is 1. The van der Waals surface area contributed by atoms with Crippen LogP contribution < -0.4 is 10.4 Å². The van der Waals surface area contributed by atoms with Gasteiger partial charge in [0.2, 0.25) is 0 Å². The van der Waals surface area contributed by atoms with Crippen molar-refractivity contribution >= 4 is 11.8 Å². The highest BCUT2D eigenvalue weighted by atomic mass is 32.2. The molecule has 5 nitrogen and oxygen atoms in total. The van der Waals surface area contributed by atoms with Gasteiger partial charge in [-0.3, -0.25) is 4.98 Å². The molecule has 0 aliphatic rings. The Morgan fingerprint density at radius 2 is 2.24 bits per heavy atom. The molecule has 0 radical (unpaired) electrons. The predicted octanol–water partition coefficient (Wildman–Crippen LogP) is 1.79. The van der Waals surface area contributed by atoms with Crippen molar-refractivity contribution in [3.63, 3.8) is 0 Å². The maximum Gasteiger partial charge on any atom is 0.341 e. The van der Waals surface area contributed by atoms with Gasteiger partial charge in [0.15, 0.2) is 5.16 Å². The number of thioether (sulfide) groups is 1. The molecule has 0 unspecified atom stereocenters. The molecular formula is C11H13N3O2S. The van der Waals surface area contributed by atoms with Gasteiger partial charge in [-0.1, -0.05) is 30.0 Å². The van der Waals surface area contributed by atoms with E-state index >= 15 is 0 Å². The fourth-order valence-corrected chi connectivity index (χ4v) is 2.19. The Bertz CT molecular complexity index is 535. The molecule has 0 aliphatic heterocycles. The summed E-state index contributed by atoms with van der Waals surface area (Å²) >= 11 is 1.46. The van der Waals surface area contributed by atoms with Gasteiger partial charge in [-0.2, -0.15) is 0 Å². The van der Waals surface area contributed by atoms with E-state index in [1.807, 2.05) is 31.2 Å². The van der Waals surface area contributed by atoms with E-state index in [4.69, 9.17) is 4.74 Å². The number of benzene rings is 1. The minimum absolute atomic E-state index is 0.286. The largest absolute Gasteiger partial charge is 0.494 e. The lowest BCUT2D eigenvalue weighted by Crippen LogP contribution is -2.00. The van der Waals surface area contributed by atoms with Crippen LogP contribution in [0.15, 0.2) is 34.2 Å². The summed E-state index contributed by atoms with van der Waals surface area (Å²) in [5.74, 6) is 1.58. The Labute approximate surface area is 103 Å². The van der Waals surface area contributed by atoms with Crippen molar-refractivity contribution in [1.82, 2.24) is 15.2 Å². The fraction of sp³-hybridized carbons (Fsp3) is 0.273. The Hall–Kier alpha value is -1.69. The monoisotopic (exact) mass is 251 g/mol. The first-order valence-corrected chi connectivity index (χ1v) is 6.26. The number of aromatic amines is 2. The van der Waals surface area contributed by atoms with Gasteiger partial charge in [-0.05, 0) is 13.0 Å². The molecular weight excluding hydrogens is 238 g/mol. The molecule has 0 spiro atoms. The van der Waals surface area contributed by atoms with E-state index in [1.165, 1.54) is 11.8 Å². The van der Waals surface area contributed by atoms with Gasteiger partial charge < -0.3 is 4.74 Å². The van der Waals surface area contributed by atoms with Crippen molar-refractivity contribution < 1.29 is 4.74 Å². The zero-order chi connectivity index (χ0) is 12.1. The van der Waals surface area contributed by atoms with Crippen LogP contribution >= 0.6 is 11.8 Å². The number of nitrogens with zero attached hydrogens (tertiary/aromatic N) is 1. The van der Waals surface area contributed by atoms with Crippen molar-refractivity contribution in [2.24, 2.45) is 0 Å². The number of H-pyrrole nitrogens is 2. The van der Waals surface area contributed by atoms with Crippen LogP contribution in [-0.2, 0) is 5.75 Å². The highest BCUT2D eigenvalue weighted by Crippen LogP contribution is 2.25. The molecule has 17 heavy (non-hydrogen) atoms. The quantitative estimate of drug-likeness (QED) is 0.795. The lowest BCUT2D eigenvalue weighted by molar-refractivity contribution is 0.337. The zero-order valence-electron chi connectivity index (χ0n) is 9.40. The minimum Gasteiger partial charge on any atom is -0.494 e. The van der Waals surface area contributed by atoms with Crippen LogP contribution in [0.4, 0.5) is 0 Å². The molecule has 0 atom stereocenters. The first kappa shape index (κ1) is 11.8. The Kier molecular flexibility index (Phi) is 3.87. The maximum absolute atomic E-state index is 10.9. The molecule has 1 aromatic carbocycles. The molecule has 0 aliphatic carbocycles. The third-order valence-corrected chi connectivity index (χ3v) is 3.04. The summed E-state index contributed by atoms with van der Waals surface area (Å²) in [6.07, 6.45) is 0. The van der Waals surface area contributed by atoms with Crippen LogP contribution in [0.5, 0.6) is 5.75 Å². The van der Waals surface area contributed by atoms with Gasteiger partial charge in [0.1, 0.15) is 5.75 Å². The van der Waals surface area contributed by atoms with E-state index in [2.05, 4.69) is 15.2 Å². The summed E-state index contributed by atoms with van der Waals surface area (Å²) in [5, 5.41) is 6.75. The fourth-order valence-electron chi connectivity index (χ4n) is 1.39. The second-order valence-corrected chi connectivity index (χ2v) is 4.28. The van der Waals surface area contributed by atoms with Crippen molar-refractivity contribution in [2.45, 2.75) is 17.8 Å². The van der Waals surface area contributed by atoms with Crippen molar-refractivity contribution in [3.8, 4) is 5.75 Å². The predicted molar refractivity (Wildman–Crippen MR) is 66.4 cm³/mol. The first-order chi connectivity index (χ1) is 8.29. The number of rotatable bonds is 5. The molecule has 0 fully saturated rings. The van der Waals surface area contributed by atoms with Gasteiger partial charge in [0.25, 0.3) is 0 Å². The summed E-state index contributed by atoms with van der Waals surface area (Å²) in [6, 6.07) is 7.84. The molecule has 2 N–H and O–H groups in total. The molecule has 2 aromatic rings. The summed E-state index contributed by atoms with van der Waals surface area (Å²) in [6.45, 7) is 2.59. The molecule has 6 heteroatoms. The topological polar surface area (TPSA) is 70.8 Å².